The van der Waals surface area contributed by atoms with Gasteiger partial charge in [0, 0.05) is 43.0 Å². The fourth-order valence-electron chi connectivity index (χ4n) is 3.85. The molecule has 1 fully saturated rings. The molecule has 0 atom stereocenters. The number of benzene rings is 1. The van der Waals surface area contributed by atoms with Gasteiger partial charge in [-0.1, -0.05) is 37.6 Å². The van der Waals surface area contributed by atoms with Crippen LogP contribution in [0.5, 0.6) is 0 Å². The Morgan fingerprint density at radius 2 is 2.04 bits per heavy atom. The summed E-state index contributed by atoms with van der Waals surface area (Å²) < 4.78 is 2.53. The highest BCUT2D eigenvalue weighted by atomic mass is 32.2. The molecule has 1 aromatic carbocycles. The Kier molecular flexibility index (Phi) is 5.73. The lowest BCUT2D eigenvalue weighted by atomic mass is 9.81. The molecule has 25 heavy (non-hydrogen) atoms. The molecule has 0 unspecified atom stereocenters. The maximum Gasteiger partial charge on any atom is 0.209 e. The van der Waals surface area contributed by atoms with E-state index in [1.165, 1.54) is 47.1 Å². The largest absolute Gasteiger partial charge is 0.366 e. The minimum absolute atomic E-state index is 0.0621. The fraction of sp³-hybridized carbons (Fsp3) is 0.500. The predicted molar refractivity (Wildman–Crippen MR) is 111 cm³/mol. The number of allylic oxidation sites excluding steroid dienone is 3. The highest BCUT2D eigenvalue weighted by molar-refractivity contribution is 8.03. The number of thioether (sulfide) groups is 1. The second-order valence-electron chi connectivity index (χ2n) is 7.32. The van der Waals surface area contributed by atoms with Crippen LogP contribution in [0.25, 0.3) is 0 Å². The molecule has 1 aromatic rings. The molecule has 1 saturated heterocycles. The van der Waals surface area contributed by atoms with Gasteiger partial charge in [0.2, 0.25) is 5.69 Å². The summed E-state index contributed by atoms with van der Waals surface area (Å²) in [4.78, 5) is 2.46. The zero-order valence-electron chi connectivity index (χ0n) is 16.1. The predicted octanol–water partition coefficient (Wildman–Crippen LogP) is 5.33. The van der Waals surface area contributed by atoms with Gasteiger partial charge in [-0.3, -0.25) is 0 Å². The van der Waals surface area contributed by atoms with Gasteiger partial charge in [0.1, 0.15) is 6.54 Å². The summed E-state index contributed by atoms with van der Waals surface area (Å²) in [6.07, 6.45) is 9.35. The molecule has 0 bridgehead atoms. The van der Waals surface area contributed by atoms with E-state index in [1.54, 1.807) is 0 Å². The van der Waals surface area contributed by atoms with Gasteiger partial charge in [-0.25, -0.2) is 0 Å². The molecule has 0 aliphatic carbocycles. The first-order valence-corrected chi connectivity index (χ1v) is 10.6. The lowest BCUT2D eigenvalue weighted by Gasteiger charge is -2.16. The van der Waals surface area contributed by atoms with Gasteiger partial charge in [-0.2, -0.15) is 4.58 Å². The quantitative estimate of drug-likeness (QED) is 0.636. The zero-order chi connectivity index (χ0) is 17.9. The molecule has 2 aliphatic rings. The molecule has 0 aromatic heterocycles. The van der Waals surface area contributed by atoms with Gasteiger partial charge < -0.3 is 4.90 Å². The molecule has 3 heteroatoms. The average Bonchev–Trinajstić information content (AvgIpc) is 3.15. The standard InChI is InChI=1S/C22H31N2S/c1-5-7-15-24-19-12-9-8-11-18(19)22(3,4)20(24)13-10-14-21-23(6-2)16-17-25-21/h8-14H,5-7,15-17H2,1-4H3/q+1. The Labute approximate surface area is 157 Å². The van der Waals surface area contributed by atoms with Crippen molar-refractivity contribution in [1.82, 2.24) is 4.90 Å². The van der Waals surface area contributed by atoms with Crippen LogP contribution in [-0.2, 0) is 5.41 Å². The Morgan fingerprint density at radius 1 is 1.24 bits per heavy atom. The van der Waals surface area contributed by atoms with Crippen molar-refractivity contribution in [3.63, 3.8) is 0 Å². The van der Waals surface area contributed by atoms with Crippen LogP contribution >= 0.6 is 11.8 Å². The maximum atomic E-state index is 2.53. The number of rotatable bonds is 6. The van der Waals surface area contributed by atoms with E-state index in [0.717, 1.165) is 13.1 Å². The molecular formula is C22H31N2S+. The van der Waals surface area contributed by atoms with Crippen molar-refractivity contribution in [2.45, 2.75) is 46.0 Å². The van der Waals surface area contributed by atoms with Gasteiger partial charge in [-0.15, -0.1) is 11.8 Å². The molecule has 0 saturated carbocycles. The number of unbranched alkanes of at least 4 members (excludes halogenated alkanes) is 1. The van der Waals surface area contributed by atoms with Gasteiger partial charge in [0.15, 0.2) is 5.71 Å². The second kappa shape index (κ2) is 7.82. The zero-order valence-corrected chi connectivity index (χ0v) is 16.9. The van der Waals surface area contributed by atoms with Crippen molar-refractivity contribution < 1.29 is 4.58 Å². The van der Waals surface area contributed by atoms with E-state index in [1.807, 2.05) is 11.8 Å². The molecule has 0 spiro atoms. The molecular weight excluding hydrogens is 324 g/mol. The first-order valence-electron chi connectivity index (χ1n) is 9.60. The minimum atomic E-state index is 0.0621. The van der Waals surface area contributed by atoms with E-state index in [2.05, 4.69) is 79.7 Å². The van der Waals surface area contributed by atoms with E-state index in [9.17, 15) is 0 Å². The number of nitrogens with zero attached hydrogens (tertiary/aromatic N) is 2. The normalized spacial score (nSPS) is 21.0. The summed E-state index contributed by atoms with van der Waals surface area (Å²) in [6, 6.07) is 8.90. The number of para-hydroxylation sites is 1. The van der Waals surface area contributed by atoms with Gasteiger partial charge in [0.05, 0.1) is 10.4 Å². The average molecular weight is 356 g/mol. The van der Waals surface area contributed by atoms with E-state index < -0.39 is 0 Å². The third-order valence-electron chi connectivity index (χ3n) is 5.33. The Balaban J connectivity index is 1.93. The molecule has 2 heterocycles. The van der Waals surface area contributed by atoms with E-state index in [4.69, 9.17) is 0 Å². The second-order valence-corrected chi connectivity index (χ2v) is 8.44. The summed E-state index contributed by atoms with van der Waals surface area (Å²) in [6.45, 7) is 12.6. The molecule has 2 aliphatic heterocycles. The number of hydrogen-bond acceptors (Lipinski definition) is 2. The molecule has 2 nitrogen and oxygen atoms in total. The van der Waals surface area contributed by atoms with Crippen LogP contribution in [0.1, 0.15) is 46.1 Å². The summed E-state index contributed by atoms with van der Waals surface area (Å²) in [5.74, 6) is 1.21. The topological polar surface area (TPSA) is 6.25 Å². The van der Waals surface area contributed by atoms with Crippen LogP contribution in [0.15, 0.2) is 47.5 Å². The van der Waals surface area contributed by atoms with Crippen LogP contribution in [0.2, 0.25) is 0 Å². The van der Waals surface area contributed by atoms with Crippen molar-refractivity contribution in [2.75, 3.05) is 25.4 Å². The van der Waals surface area contributed by atoms with Crippen LogP contribution in [0.4, 0.5) is 5.69 Å². The Morgan fingerprint density at radius 3 is 2.80 bits per heavy atom. The molecule has 134 valence electrons. The molecule has 0 radical (unpaired) electrons. The van der Waals surface area contributed by atoms with Gasteiger partial charge in [-0.05, 0) is 26.8 Å². The SMILES string of the molecule is CCCC[N+]1=C(/C=C/C=C2\SCCN2CC)C(C)(C)c2ccccc21. The van der Waals surface area contributed by atoms with Crippen LogP contribution < -0.4 is 0 Å². The smallest absolute Gasteiger partial charge is 0.209 e. The lowest BCUT2D eigenvalue weighted by Crippen LogP contribution is -2.27. The molecule has 0 amide bonds. The first kappa shape index (κ1) is 18.3. The van der Waals surface area contributed by atoms with Crippen LogP contribution in [0, 0.1) is 0 Å². The van der Waals surface area contributed by atoms with Crippen molar-refractivity contribution in [3.05, 3.63) is 53.1 Å². The van der Waals surface area contributed by atoms with Crippen LogP contribution in [0.3, 0.4) is 0 Å². The summed E-state index contributed by atoms with van der Waals surface area (Å²) >= 11 is 1.97. The third kappa shape index (κ3) is 3.57. The fourth-order valence-corrected chi connectivity index (χ4v) is 4.95. The Hall–Kier alpha value is -1.48. The van der Waals surface area contributed by atoms with Crippen molar-refractivity contribution in [3.8, 4) is 0 Å². The number of fused-ring (bicyclic) bond motifs is 1. The first-order chi connectivity index (χ1) is 12.1. The summed E-state index contributed by atoms with van der Waals surface area (Å²) in [7, 11) is 0. The van der Waals surface area contributed by atoms with E-state index >= 15 is 0 Å². The minimum Gasteiger partial charge on any atom is -0.366 e. The summed E-state index contributed by atoms with van der Waals surface area (Å²) in [5, 5.41) is 1.41. The van der Waals surface area contributed by atoms with Crippen LogP contribution in [-0.4, -0.2) is 40.6 Å². The van der Waals surface area contributed by atoms with Gasteiger partial charge in [0.25, 0.3) is 0 Å². The monoisotopic (exact) mass is 355 g/mol. The molecule has 3 rings (SSSR count). The third-order valence-corrected chi connectivity index (χ3v) is 6.41. The van der Waals surface area contributed by atoms with E-state index in [-0.39, 0.29) is 5.41 Å². The maximum absolute atomic E-state index is 2.53. The lowest BCUT2D eigenvalue weighted by molar-refractivity contribution is -0.438. The highest BCUT2D eigenvalue weighted by Gasteiger charge is 2.43. The number of hydrogen-bond donors (Lipinski definition) is 0. The van der Waals surface area contributed by atoms with Crippen molar-refractivity contribution in [1.29, 1.82) is 0 Å². The van der Waals surface area contributed by atoms with Crippen molar-refractivity contribution in [2.24, 2.45) is 0 Å². The van der Waals surface area contributed by atoms with Gasteiger partial charge >= 0.3 is 0 Å². The van der Waals surface area contributed by atoms with E-state index in [0.29, 0.717) is 0 Å². The summed E-state index contributed by atoms with van der Waals surface area (Å²) in [5.41, 5.74) is 4.32. The highest BCUT2D eigenvalue weighted by Crippen LogP contribution is 2.40. The Bertz CT molecular complexity index is 712. The molecule has 0 N–H and O–H groups in total. The van der Waals surface area contributed by atoms with Crippen molar-refractivity contribution >= 4 is 23.2 Å².